The highest BCUT2D eigenvalue weighted by Gasteiger charge is 2.11. The van der Waals surface area contributed by atoms with Gasteiger partial charge in [0.25, 0.3) is 0 Å². The van der Waals surface area contributed by atoms with Crippen molar-refractivity contribution in [3.05, 3.63) is 52.4 Å². The molecule has 0 atom stereocenters. The number of pyridine rings is 1. The Bertz CT molecular complexity index is 622. The minimum Gasteiger partial charge on any atom is -0.327 e. The SMILES string of the molecule is CN(c1cccc(C#N)c1)c1ncc(Br)cc1F. The first-order valence-electron chi connectivity index (χ1n) is 5.17. The van der Waals surface area contributed by atoms with Gasteiger partial charge in [0.15, 0.2) is 11.6 Å². The second kappa shape index (κ2) is 5.15. The van der Waals surface area contributed by atoms with Gasteiger partial charge in [0, 0.05) is 23.4 Å². The van der Waals surface area contributed by atoms with Crippen LogP contribution in [0.25, 0.3) is 0 Å². The number of halogens is 2. The van der Waals surface area contributed by atoms with Crippen LogP contribution in [0.15, 0.2) is 41.0 Å². The smallest absolute Gasteiger partial charge is 0.169 e. The van der Waals surface area contributed by atoms with Gasteiger partial charge in [-0.25, -0.2) is 9.37 Å². The summed E-state index contributed by atoms with van der Waals surface area (Å²) >= 11 is 3.16. The lowest BCUT2D eigenvalue weighted by atomic mass is 10.2. The molecule has 1 aromatic heterocycles. The lowest BCUT2D eigenvalue weighted by Gasteiger charge is -2.19. The molecule has 0 amide bonds. The second-order valence-electron chi connectivity index (χ2n) is 3.68. The van der Waals surface area contributed by atoms with E-state index in [1.807, 2.05) is 6.07 Å². The number of rotatable bonds is 2. The molecule has 90 valence electrons. The van der Waals surface area contributed by atoms with Gasteiger partial charge in [0.2, 0.25) is 0 Å². The van der Waals surface area contributed by atoms with E-state index in [1.54, 1.807) is 36.2 Å². The van der Waals surface area contributed by atoms with Crippen molar-refractivity contribution >= 4 is 27.4 Å². The fraction of sp³-hybridized carbons (Fsp3) is 0.0769. The highest BCUT2D eigenvalue weighted by molar-refractivity contribution is 9.10. The summed E-state index contributed by atoms with van der Waals surface area (Å²) in [5, 5.41) is 8.84. The fourth-order valence-electron chi connectivity index (χ4n) is 1.56. The molecule has 3 nitrogen and oxygen atoms in total. The molecule has 1 heterocycles. The van der Waals surface area contributed by atoms with E-state index in [2.05, 4.69) is 20.9 Å². The van der Waals surface area contributed by atoms with Gasteiger partial charge >= 0.3 is 0 Å². The summed E-state index contributed by atoms with van der Waals surface area (Å²) < 4.78 is 14.4. The highest BCUT2D eigenvalue weighted by Crippen LogP contribution is 2.26. The van der Waals surface area contributed by atoms with Gasteiger partial charge in [0.1, 0.15) is 0 Å². The first-order valence-corrected chi connectivity index (χ1v) is 5.96. The van der Waals surface area contributed by atoms with E-state index in [1.165, 1.54) is 12.3 Å². The zero-order valence-corrected chi connectivity index (χ0v) is 11.1. The Kier molecular flexibility index (Phi) is 3.58. The van der Waals surface area contributed by atoms with Crippen LogP contribution in [0.2, 0.25) is 0 Å². The van der Waals surface area contributed by atoms with Gasteiger partial charge in [0.05, 0.1) is 11.6 Å². The van der Waals surface area contributed by atoms with Gasteiger partial charge in [-0.15, -0.1) is 0 Å². The molecule has 0 aliphatic carbocycles. The molecule has 0 bridgehead atoms. The zero-order valence-electron chi connectivity index (χ0n) is 9.56. The number of hydrogen-bond donors (Lipinski definition) is 0. The van der Waals surface area contributed by atoms with E-state index in [-0.39, 0.29) is 5.82 Å². The molecule has 0 spiro atoms. The van der Waals surface area contributed by atoms with Crippen LogP contribution in [-0.4, -0.2) is 12.0 Å². The first kappa shape index (κ1) is 12.5. The Morgan fingerprint density at radius 2 is 2.17 bits per heavy atom. The normalized spacial score (nSPS) is 9.89. The van der Waals surface area contributed by atoms with E-state index in [0.29, 0.717) is 15.7 Å². The zero-order chi connectivity index (χ0) is 13.1. The molecule has 0 N–H and O–H groups in total. The Morgan fingerprint density at radius 3 is 2.83 bits per heavy atom. The molecule has 0 saturated heterocycles. The van der Waals surface area contributed by atoms with Crippen LogP contribution in [0.1, 0.15) is 5.56 Å². The summed E-state index contributed by atoms with van der Waals surface area (Å²) in [4.78, 5) is 5.63. The Balaban J connectivity index is 2.41. The third-order valence-electron chi connectivity index (χ3n) is 2.47. The van der Waals surface area contributed by atoms with Crippen LogP contribution in [0.3, 0.4) is 0 Å². The summed E-state index contributed by atoms with van der Waals surface area (Å²) in [6.45, 7) is 0. The van der Waals surface area contributed by atoms with E-state index in [9.17, 15) is 4.39 Å². The van der Waals surface area contributed by atoms with Crippen molar-refractivity contribution in [3.63, 3.8) is 0 Å². The van der Waals surface area contributed by atoms with Crippen molar-refractivity contribution in [3.8, 4) is 6.07 Å². The number of nitriles is 1. The molecule has 0 radical (unpaired) electrons. The molecule has 0 fully saturated rings. The van der Waals surface area contributed by atoms with Crippen molar-refractivity contribution in [1.82, 2.24) is 4.98 Å². The van der Waals surface area contributed by atoms with E-state index in [0.717, 1.165) is 0 Å². The van der Waals surface area contributed by atoms with E-state index >= 15 is 0 Å². The van der Waals surface area contributed by atoms with Gasteiger partial charge in [-0.1, -0.05) is 6.07 Å². The van der Waals surface area contributed by atoms with Crippen molar-refractivity contribution in [1.29, 1.82) is 5.26 Å². The molecule has 1 aromatic carbocycles. The molecule has 0 unspecified atom stereocenters. The third kappa shape index (κ3) is 2.49. The summed E-state index contributed by atoms with van der Waals surface area (Å²) in [5.74, 6) is -0.206. The van der Waals surface area contributed by atoms with Gasteiger partial charge in [-0.05, 0) is 40.2 Å². The Labute approximate surface area is 113 Å². The first-order chi connectivity index (χ1) is 8.61. The van der Waals surface area contributed by atoms with Crippen LogP contribution in [-0.2, 0) is 0 Å². The summed E-state index contributed by atoms with van der Waals surface area (Å²) in [6.07, 6.45) is 1.53. The van der Waals surface area contributed by atoms with Crippen LogP contribution in [0.4, 0.5) is 15.9 Å². The van der Waals surface area contributed by atoms with Crippen molar-refractivity contribution in [2.45, 2.75) is 0 Å². The maximum Gasteiger partial charge on any atom is 0.169 e. The van der Waals surface area contributed by atoms with Crippen LogP contribution in [0.5, 0.6) is 0 Å². The van der Waals surface area contributed by atoms with Gasteiger partial charge in [-0.3, -0.25) is 0 Å². The van der Waals surface area contributed by atoms with Crippen LogP contribution >= 0.6 is 15.9 Å². The highest BCUT2D eigenvalue weighted by atomic mass is 79.9. The largest absolute Gasteiger partial charge is 0.327 e. The lowest BCUT2D eigenvalue weighted by molar-refractivity contribution is 0.620. The second-order valence-corrected chi connectivity index (χ2v) is 4.60. The predicted octanol–water partition coefficient (Wildman–Crippen LogP) is 3.62. The van der Waals surface area contributed by atoms with E-state index < -0.39 is 5.82 Å². The maximum atomic E-state index is 13.8. The summed E-state index contributed by atoms with van der Waals surface area (Å²) in [6, 6.07) is 10.3. The number of aromatic nitrogens is 1. The predicted molar refractivity (Wildman–Crippen MR) is 71.1 cm³/mol. The Morgan fingerprint density at radius 1 is 1.39 bits per heavy atom. The number of hydrogen-bond acceptors (Lipinski definition) is 3. The monoisotopic (exact) mass is 305 g/mol. The molecular weight excluding hydrogens is 297 g/mol. The molecule has 18 heavy (non-hydrogen) atoms. The molecule has 0 aliphatic heterocycles. The van der Waals surface area contributed by atoms with Gasteiger partial charge < -0.3 is 4.90 Å². The molecule has 0 saturated carbocycles. The van der Waals surface area contributed by atoms with Gasteiger partial charge in [-0.2, -0.15) is 5.26 Å². The lowest BCUT2D eigenvalue weighted by Crippen LogP contribution is -2.13. The molecule has 2 rings (SSSR count). The van der Waals surface area contributed by atoms with Crippen molar-refractivity contribution in [2.24, 2.45) is 0 Å². The van der Waals surface area contributed by atoms with Crippen LogP contribution in [0, 0.1) is 17.1 Å². The summed E-state index contributed by atoms with van der Waals surface area (Å²) in [7, 11) is 1.70. The minimum atomic E-state index is -0.422. The number of nitrogens with zero attached hydrogens (tertiary/aromatic N) is 3. The van der Waals surface area contributed by atoms with Crippen molar-refractivity contribution < 1.29 is 4.39 Å². The topological polar surface area (TPSA) is 39.9 Å². The minimum absolute atomic E-state index is 0.216. The average molecular weight is 306 g/mol. The van der Waals surface area contributed by atoms with Crippen molar-refractivity contribution in [2.75, 3.05) is 11.9 Å². The molecular formula is C13H9BrFN3. The number of benzene rings is 1. The van der Waals surface area contributed by atoms with E-state index in [4.69, 9.17) is 5.26 Å². The van der Waals surface area contributed by atoms with Crippen LogP contribution < -0.4 is 4.90 Å². The summed E-state index contributed by atoms with van der Waals surface area (Å²) in [5.41, 5.74) is 1.24. The third-order valence-corrected chi connectivity index (χ3v) is 2.90. The molecule has 5 heteroatoms. The average Bonchev–Trinajstić information content (AvgIpc) is 2.38. The molecule has 2 aromatic rings. The maximum absolute atomic E-state index is 13.8. The molecule has 0 aliphatic rings. The quantitative estimate of drug-likeness (QED) is 0.850. The standard InChI is InChI=1S/C13H9BrFN3/c1-18(11-4-2-3-9(5-11)7-16)13-12(15)6-10(14)8-17-13/h2-6,8H,1H3. The Hall–Kier alpha value is -1.93. The fourth-order valence-corrected chi connectivity index (χ4v) is 1.86. The number of anilines is 2.